The molecule has 3 N–H and O–H groups in total. The maximum absolute atomic E-state index is 13.6. The first-order valence-electron chi connectivity index (χ1n) is 8.83. The molecule has 142 valence electrons. The average Bonchev–Trinajstić information content (AvgIpc) is 2.98. The van der Waals surface area contributed by atoms with E-state index in [2.05, 4.69) is 15.6 Å². The van der Waals surface area contributed by atoms with E-state index in [4.69, 9.17) is 0 Å². The summed E-state index contributed by atoms with van der Waals surface area (Å²) in [6.45, 7) is 4.01. The molecule has 0 saturated carbocycles. The second-order valence-electron chi connectivity index (χ2n) is 6.60. The van der Waals surface area contributed by atoms with E-state index >= 15 is 0 Å². The molecular weight excluding hydrogens is 347 g/mol. The van der Waals surface area contributed by atoms with Crippen molar-refractivity contribution >= 4 is 22.9 Å². The van der Waals surface area contributed by atoms with Crippen molar-refractivity contribution in [2.45, 2.75) is 33.0 Å². The van der Waals surface area contributed by atoms with Crippen LogP contribution in [0.25, 0.3) is 11.0 Å². The summed E-state index contributed by atoms with van der Waals surface area (Å²) in [5.74, 6) is 0.0276. The largest absolute Gasteiger partial charge is 0.392 e. The van der Waals surface area contributed by atoms with Crippen LogP contribution in [0, 0.1) is 12.7 Å². The first-order chi connectivity index (χ1) is 12.9. The molecule has 1 unspecified atom stereocenters. The molecule has 0 radical (unpaired) electrons. The van der Waals surface area contributed by atoms with E-state index in [0.29, 0.717) is 23.6 Å². The number of hydrogen-bond acceptors (Lipinski definition) is 4. The monoisotopic (exact) mass is 370 g/mol. The smallest absolute Gasteiger partial charge is 0.240 e. The Bertz CT molecular complexity index is 952. The van der Waals surface area contributed by atoms with Crippen LogP contribution in [0.5, 0.6) is 0 Å². The molecule has 1 aromatic heterocycles. The lowest BCUT2D eigenvalue weighted by molar-refractivity contribution is -0.121. The number of aliphatic hydroxyl groups is 1. The first kappa shape index (κ1) is 18.8. The number of imidazole rings is 1. The maximum Gasteiger partial charge on any atom is 0.240 e. The van der Waals surface area contributed by atoms with Gasteiger partial charge in [-0.05, 0) is 43.2 Å². The number of benzene rings is 2. The van der Waals surface area contributed by atoms with Crippen LogP contribution in [0.4, 0.5) is 10.3 Å². The van der Waals surface area contributed by atoms with Crippen molar-refractivity contribution in [2.75, 3.05) is 11.9 Å². The van der Waals surface area contributed by atoms with Gasteiger partial charge in [0.15, 0.2) is 0 Å². The summed E-state index contributed by atoms with van der Waals surface area (Å²) < 4.78 is 15.4. The fourth-order valence-corrected chi connectivity index (χ4v) is 2.76. The minimum Gasteiger partial charge on any atom is -0.392 e. The van der Waals surface area contributed by atoms with Crippen molar-refractivity contribution in [3.63, 3.8) is 0 Å². The number of aromatic nitrogens is 2. The Morgan fingerprint density at radius 1 is 1.30 bits per heavy atom. The topological polar surface area (TPSA) is 79.2 Å². The summed E-state index contributed by atoms with van der Waals surface area (Å²) in [5.41, 5.74) is 2.86. The van der Waals surface area contributed by atoms with Crippen LogP contribution in [0.1, 0.15) is 18.1 Å². The fourth-order valence-electron chi connectivity index (χ4n) is 2.76. The van der Waals surface area contributed by atoms with Crippen molar-refractivity contribution in [2.24, 2.45) is 0 Å². The normalized spacial score (nSPS) is 12.1. The number of rotatable bonds is 7. The van der Waals surface area contributed by atoms with Gasteiger partial charge < -0.3 is 20.3 Å². The van der Waals surface area contributed by atoms with Gasteiger partial charge in [-0.2, -0.15) is 0 Å². The number of carbonyl (C=O) groups excluding carboxylic acids is 1. The minimum atomic E-state index is -0.538. The molecule has 1 amide bonds. The predicted molar refractivity (Wildman–Crippen MR) is 103 cm³/mol. The first-order valence-corrected chi connectivity index (χ1v) is 8.83. The van der Waals surface area contributed by atoms with Crippen LogP contribution < -0.4 is 10.6 Å². The molecule has 0 fully saturated rings. The van der Waals surface area contributed by atoms with E-state index in [0.717, 1.165) is 11.0 Å². The summed E-state index contributed by atoms with van der Waals surface area (Å²) in [6, 6.07) is 12.4. The Morgan fingerprint density at radius 3 is 2.81 bits per heavy atom. The fraction of sp³-hybridized carbons (Fsp3) is 0.300. The van der Waals surface area contributed by atoms with Gasteiger partial charge >= 0.3 is 0 Å². The Balaban J connectivity index is 1.73. The minimum absolute atomic E-state index is 0.0665. The van der Waals surface area contributed by atoms with E-state index in [9.17, 15) is 14.3 Å². The molecule has 3 rings (SSSR count). The molecule has 6 nitrogen and oxygen atoms in total. The molecule has 0 aliphatic carbocycles. The molecule has 0 saturated heterocycles. The zero-order chi connectivity index (χ0) is 19.4. The van der Waals surface area contributed by atoms with E-state index in [1.165, 1.54) is 6.07 Å². The molecule has 0 spiro atoms. The third kappa shape index (κ3) is 4.62. The van der Waals surface area contributed by atoms with Gasteiger partial charge in [0.25, 0.3) is 0 Å². The molecule has 1 heterocycles. The van der Waals surface area contributed by atoms with Crippen molar-refractivity contribution in [3.05, 3.63) is 59.4 Å². The highest BCUT2D eigenvalue weighted by Gasteiger charge is 2.14. The van der Waals surface area contributed by atoms with Crippen LogP contribution in [0.3, 0.4) is 0 Å². The Hall–Kier alpha value is -2.93. The van der Waals surface area contributed by atoms with Gasteiger partial charge in [-0.15, -0.1) is 0 Å². The zero-order valence-corrected chi connectivity index (χ0v) is 15.4. The number of aryl methyl sites for hydroxylation is 1. The highest BCUT2D eigenvalue weighted by atomic mass is 19.1. The number of para-hydroxylation sites is 2. The van der Waals surface area contributed by atoms with Gasteiger partial charge in [-0.25, -0.2) is 9.37 Å². The molecule has 3 aromatic rings. The molecule has 7 heteroatoms. The Morgan fingerprint density at radius 2 is 2.07 bits per heavy atom. The molecule has 1 atom stereocenters. The van der Waals surface area contributed by atoms with Gasteiger partial charge in [0.1, 0.15) is 12.4 Å². The molecule has 0 aliphatic rings. The number of halogens is 1. The summed E-state index contributed by atoms with van der Waals surface area (Å²) in [6.07, 6.45) is -0.538. The molecule has 0 aliphatic heterocycles. The third-order valence-corrected chi connectivity index (χ3v) is 4.24. The van der Waals surface area contributed by atoms with Crippen LogP contribution in [0.2, 0.25) is 0 Å². The third-order valence-electron chi connectivity index (χ3n) is 4.24. The summed E-state index contributed by atoms with van der Waals surface area (Å²) in [4.78, 5) is 16.9. The van der Waals surface area contributed by atoms with Crippen LogP contribution in [-0.2, 0) is 17.9 Å². The SMILES string of the molecule is Cc1ccc(CNC(=O)Cn2c(NCC(C)O)nc3ccccc32)cc1F. The van der Waals surface area contributed by atoms with Gasteiger partial charge in [0, 0.05) is 13.1 Å². The van der Waals surface area contributed by atoms with Crippen molar-refractivity contribution in [3.8, 4) is 0 Å². The van der Waals surface area contributed by atoms with E-state index < -0.39 is 6.10 Å². The number of anilines is 1. The lowest BCUT2D eigenvalue weighted by Crippen LogP contribution is -2.28. The van der Waals surface area contributed by atoms with Gasteiger partial charge in [0.2, 0.25) is 11.9 Å². The molecule has 0 bridgehead atoms. The zero-order valence-electron chi connectivity index (χ0n) is 15.4. The van der Waals surface area contributed by atoms with E-state index in [1.54, 1.807) is 30.5 Å². The number of nitrogens with one attached hydrogen (secondary N) is 2. The summed E-state index contributed by atoms with van der Waals surface area (Å²) in [7, 11) is 0. The molecule has 27 heavy (non-hydrogen) atoms. The van der Waals surface area contributed by atoms with Crippen LogP contribution >= 0.6 is 0 Å². The second kappa shape index (κ2) is 8.18. The lowest BCUT2D eigenvalue weighted by Gasteiger charge is -2.12. The molecule has 2 aromatic carbocycles. The Labute approximate surface area is 157 Å². The number of aliphatic hydroxyl groups excluding tert-OH is 1. The quantitative estimate of drug-likeness (QED) is 0.597. The van der Waals surface area contributed by atoms with Crippen molar-refractivity contribution < 1.29 is 14.3 Å². The van der Waals surface area contributed by atoms with Crippen LogP contribution in [-0.4, -0.2) is 33.2 Å². The van der Waals surface area contributed by atoms with Crippen molar-refractivity contribution in [1.29, 1.82) is 0 Å². The predicted octanol–water partition coefficient (Wildman–Crippen LogP) is 2.59. The molecular formula is C20H23FN4O2. The number of amides is 1. The standard InChI is InChI=1S/C20H23FN4O2/c1-13-7-8-15(9-16(13)21)11-22-19(27)12-25-18-6-4-3-5-17(18)24-20(25)23-10-14(2)26/h3-9,14,26H,10-12H2,1-2H3,(H,22,27)(H,23,24). The number of fused-ring (bicyclic) bond motifs is 1. The Kier molecular flexibility index (Phi) is 5.71. The maximum atomic E-state index is 13.6. The number of hydrogen-bond donors (Lipinski definition) is 3. The second-order valence-corrected chi connectivity index (χ2v) is 6.60. The summed E-state index contributed by atoms with van der Waals surface area (Å²) >= 11 is 0. The van der Waals surface area contributed by atoms with E-state index in [-0.39, 0.29) is 24.8 Å². The van der Waals surface area contributed by atoms with Gasteiger partial charge in [-0.1, -0.05) is 24.3 Å². The highest BCUT2D eigenvalue weighted by molar-refractivity contribution is 5.83. The van der Waals surface area contributed by atoms with Crippen molar-refractivity contribution in [1.82, 2.24) is 14.9 Å². The van der Waals surface area contributed by atoms with E-state index in [1.807, 2.05) is 24.3 Å². The van der Waals surface area contributed by atoms with Gasteiger partial charge in [-0.3, -0.25) is 4.79 Å². The lowest BCUT2D eigenvalue weighted by atomic mass is 10.1. The number of carbonyl (C=O) groups is 1. The van der Waals surface area contributed by atoms with Gasteiger partial charge in [0.05, 0.1) is 17.1 Å². The average molecular weight is 370 g/mol. The van der Waals surface area contributed by atoms with Crippen LogP contribution in [0.15, 0.2) is 42.5 Å². The number of nitrogens with zero attached hydrogens (tertiary/aromatic N) is 2. The highest BCUT2D eigenvalue weighted by Crippen LogP contribution is 2.19. The summed E-state index contributed by atoms with van der Waals surface area (Å²) in [5, 5.41) is 15.4.